The summed E-state index contributed by atoms with van der Waals surface area (Å²) in [4.78, 5) is 35.5. The number of thiophene rings is 1. The number of amides is 2. The van der Waals surface area contributed by atoms with E-state index in [1.807, 2.05) is 11.0 Å². The smallest absolute Gasteiger partial charge is 0.261 e. The number of nitrogens with zero attached hydrogens (tertiary/aromatic N) is 4. The summed E-state index contributed by atoms with van der Waals surface area (Å²) in [5, 5.41) is 4.19. The molecule has 5 rings (SSSR count). The van der Waals surface area contributed by atoms with Crippen molar-refractivity contribution in [2.45, 2.75) is 26.7 Å². The zero-order chi connectivity index (χ0) is 26.6. The third kappa shape index (κ3) is 5.81. The van der Waals surface area contributed by atoms with Crippen molar-refractivity contribution < 1.29 is 9.59 Å². The minimum atomic E-state index is -0.0508. The maximum Gasteiger partial charge on any atom is 0.261 e. The minimum Gasteiger partial charge on any atom is -0.368 e. The number of piperazine rings is 2. The maximum absolute atomic E-state index is 12.9. The Balaban J connectivity index is 1.08. The number of anilines is 2. The Kier molecular flexibility index (Phi) is 8.19. The summed E-state index contributed by atoms with van der Waals surface area (Å²) in [6, 6.07) is 14.8. The van der Waals surface area contributed by atoms with Gasteiger partial charge in [-0.2, -0.15) is 0 Å². The number of carbonyl (C=O) groups is 2. The minimum absolute atomic E-state index is 0.0508. The zero-order valence-electron chi connectivity index (χ0n) is 22.8. The van der Waals surface area contributed by atoms with Crippen LogP contribution in [0.1, 0.15) is 33.6 Å². The van der Waals surface area contributed by atoms with Gasteiger partial charge in [-0.25, -0.2) is 0 Å². The molecule has 1 N–H and O–H groups in total. The van der Waals surface area contributed by atoms with Crippen molar-refractivity contribution in [2.75, 3.05) is 75.8 Å². The number of carbonyl (C=O) groups excluding carboxylic acids is 2. The molecule has 2 amide bonds. The van der Waals surface area contributed by atoms with Gasteiger partial charge in [-0.05, 0) is 62.7 Å². The first-order valence-electron chi connectivity index (χ1n) is 13.7. The largest absolute Gasteiger partial charge is 0.368 e. The molecule has 8 heteroatoms. The summed E-state index contributed by atoms with van der Waals surface area (Å²) < 4.78 is 1.14. The van der Waals surface area contributed by atoms with E-state index in [1.54, 1.807) is 11.3 Å². The first kappa shape index (κ1) is 26.5. The van der Waals surface area contributed by atoms with E-state index in [9.17, 15) is 9.59 Å². The average molecular weight is 534 g/mol. The summed E-state index contributed by atoms with van der Waals surface area (Å²) >= 11 is 1.54. The van der Waals surface area contributed by atoms with Crippen molar-refractivity contribution in [1.82, 2.24) is 15.1 Å². The number of aryl methyl sites for hydroxylation is 1. The fraction of sp³-hybridized carbons (Fsp3) is 0.467. The quantitative estimate of drug-likeness (QED) is 0.463. The highest BCUT2D eigenvalue weighted by Gasteiger charge is 2.22. The van der Waals surface area contributed by atoms with Crippen molar-refractivity contribution in [3.63, 3.8) is 0 Å². The van der Waals surface area contributed by atoms with Crippen LogP contribution in [0.4, 0.5) is 11.4 Å². The first-order chi connectivity index (χ1) is 18.4. The highest BCUT2D eigenvalue weighted by Crippen LogP contribution is 2.34. The lowest BCUT2D eigenvalue weighted by Crippen LogP contribution is -2.49. The van der Waals surface area contributed by atoms with E-state index in [4.69, 9.17) is 0 Å². The third-order valence-corrected chi connectivity index (χ3v) is 9.11. The molecule has 2 fully saturated rings. The fourth-order valence-electron chi connectivity index (χ4n) is 5.44. The molecule has 0 radical (unpaired) electrons. The average Bonchev–Trinajstić information content (AvgIpc) is 3.38. The molecule has 2 aliphatic rings. The Morgan fingerprint density at radius 2 is 1.53 bits per heavy atom. The van der Waals surface area contributed by atoms with Crippen molar-refractivity contribution in [3.05, 3.63) is 58.5 Å². The van der Waals surface area contributed by atoms with Crippen LogP contribution >= 0.6 is 11.3 Å². The molecule has 38 heavy (non-hydrogen) atoms. The molecule has 1 aromatic heterocycles. The second-order valence-corrected chi connectivity index (χ2v) is 11.6. The summed E-state index contributed by atoms with van der Waals surface area (Å²) in [5.41, 5.74) is 5.11. The molecule has 0 spiro atoms. The van der Waals surface area contributed by atoms with E-state index in [0.29, 0.717) is 19.4 Å². The van der Waals surface area contributed by atoms with E-state index in [1.165, 1.54) is 22.5 Å². The lowest BCUT2D eigenvalue weighted by atomic mass is 10.1. The van der Waals surface area contributed by atoms with Gasteiger partial charge in [0.05, 0.1) is 4.88 Å². The van der Waals surface area contributed by atoms with Crippen LogP contribution in [0, 0.1) is 13.8 Å². The van der Waals surface area contributed by atoms with Gasteiger partial charge < -0.3 is 24.9 Å². The van der Waals surface area contributed by atoms with Crippen LogP contribution in [-0.2, 0) is 4.79 Å². The van der Waals surface area contributed by atoms with E-state index in [-0.39, 0.29) is 11.8 Å². The van der Waals surface area contributed by atoms with Crippen molar-refractivity contribution >= 4 is 44.6 Å². The van der Waals surface area contributed by atoms with Crippen molar-refractivity contribution in [3.8, 4) is 0 Å². The number of fused-ring (bicyclic) bond motifs is 1. The molecular weight excluding hydrogens is 494 g/mol. The molecule has 0 saturated carbocycles. The first-order valence-corrected chi connectivity index (χ1v) is 14.6. The van der Waals surface area contributed by atoms with Gasteiger partial charge in [0.15, 0.2) is 0 Å². The van der Waals surface area contributed by atoms with Crippen LogP contribution in [0.15, 0.2) is 42.5 Å². The Hall–Kier alpha value is -3.10. The zero-order valence-corrected chi connectivity index (χ0v) is 23.6. The van der Waals surface area contributed by atoms with Gasteiger partial charge in [0, 0.05) is 86.8 Å². The summed E-state index contributed by atoms with van der Waals surface area (Å²) in [6.45, 7) is 12.1. The van der Waals surface area contributed by atoms with Gasteiger partial charge in [0.25, 0.3) is 5.91 Å². The number of nitrogens with one attached hydrogen (secondary N) is 1. The van der Waals surface area contributed by atoms with Gasteiger partial charge in [-0.3, -0.25) is 9.59 Å². The number of rotatable bonds is 7. The molecule has 0 unspecified atom stereocenters. The van der Waals surface area contributed by atoms with Crippen molar-refractivity contribution in [1.29, 1.82) is 0 Å². The molecular formula is C30H39N5O2S. The van der Waals surface area contributed by atoms with Gasteiger partial charge in [-0.1, -0.05) is 18.2 Å². The maximum atomic E-state index is 12.9. The van der Waals surface area contributed by atoms with Crippen LogP contribution in [0.5, 0.6) is 0 Å². The number of hydrogen-bond donors (Lipinski definition) is 1. The number of benzene rings is 2. The Bertz CT molecular complexity index is 1290. The number of likely N-dealkylation sites (N-methyl/N-ethyl adjacent to an activating group) is 1. The van der Waals surface area contributed by atoms with Crippen LogP contribution in [0.2, 0.25) is 0 Å². The third-order valence-electron chi connectivity index (χ3n) is 8.01. The SMILES string of the molecule is Cc1cccc(N2CCN(C(=O)CCCNC(=O)c3cc4c(N5CCN(C)CC5)cccc4s3)CC2)c1C. The standard InChI is InChI=1S/C30H39N5O2S/c1-22-7-4-8-25(23(22)2)33-17-19-35(20-18-33)29(36)11-6-12-31-30(37)28-21-24-26(9-5-10-27(24)38-28)34-15-13-32(3)14-16-34/h4-5,7-10,21H,6,11-20H2,1-3H3,(H,31,37). The monoisotopic (exact) mass is 533 g/mol. The molecule has 3 aromatic rings. The summed E-state index contributed by atoms with van der Waals surface area (Å²) in [5.74, 6) is 0.128. The highest BCUT2D eigenvalue weighted by molar-refractivity contribution is 7.20. The summed E-state index contributed by atoms with van der Waals surface area (Å²) in [6.07, 6.45) is 1.11. The second-order valence-electron chi connectivity index (χ2n) is 10.5. The lowest BCUT2D eigenvalue weighted by molar-refractivity contribution is -0.131. The summed E-state index contributed by atoms with van der Waals surface area (Å²) in [7, 11) is 2.16. The van der Waals surface area contributed by atoms with Crippen LogP contribution < -0.4 is 15.1 Å². The molecule has 3 heterocycles. The van der Waals surface area contributed by atoms with Crippen LogP contribution in [0.25, 0.3) is 10.1 Å². The van der Waals surface area contributed by atoms with Gasteiger partial charge in [0.2, 0.25) is 5.91 Å². The van der Waals surface area contributed by atoms with E-state index >= 15 is 0 Å². The van der Waals surface area contributed by atoms with Crippen molar-refractivity contribution in [2.24, 2.45) is 0 Å². The normalized spacial score (nSPS) is 16.8. The fourth-order valence-corrected chi connectivity index (χ4v) is 6.44. The van der Waals surface area contributed by atoms with Gasteiger partial charge in [0.1, 0.15) is 0 Å². The molecule has 7 nitrogen and oxygen atoms in total. The highest BCUT2D eigenvalue weighted by atomic mass is 32.1. The predicted octanol–water partition coefficient (Wildman–Crippen LogP) is 4.13. The topological polar surface area (TPSA) is 59.1 Å². The van der Waals surface area contributed by atoms with E-state index in [2.05, 4.69) is 77.3 Å². The molecule has 202 valence electrons. The molecule has 0 atom stereocenters. The van der Waals surface area contributed by atoms with E-state index < -0.39 is 0 Å². The Morgan fingerprint density at radius 1 is 0.868 bits per heavy atom. The molecule has 2 aromatic carbocycles. The van der Waals surface area contributed by atoms with E-state index in [0.717, 1.165) is 67.3 Å². The molecule has 2 saturated heterocycles. The van der Waals surface area contributed by atoms with Gasteiger partial charge in [-0.15, -0.1) is 11.3 Å². The van der Waals surface area contributed by atoms with Crippen LogP contribution in [0.3, 0.4) is 0 Å². The second kappa shape index (κ2) is 11.7. The Morgan fingerprint density at radius 3 is 2.29 bits per heavy atom. The van der Waals surface area contributed by atoms with Gasteiger partial charge >= 0.3 is 0 Å². The van der Waals surface area contributed by atoms with Crippen LogP contribution in [-0.4, -0.2) is 87.6 Å². The predicted molar refractivity (Wildman–Crippen MR) is 158 cm³/mol. The molecule has 2 aliphatic heterocycles. The number of hydrogen-bond acceptors (Lipinski definition) is 6. The Labute approximate surface area is 230 Å². The molecule has 0 bridgehead atoms. The lowest BCUT2D eigenvalue weighted by Gasteiger charge is -2.37. The molecule has 0 aliphatic carbocycles.